The monoisotopic (exact) mass is 146 g/mol. The van der Waals surface area contributed by atoms with Crippen molar-refractivity contribution in [1.82, 2.24) is 0 Å². The van der Waals surface area contributed by atoms with Crippen molar-refractivity contribution >= 4 is 5.97 Å². The molecule has 0 bridgehead atoms. The molecule has 0 saturated heterocycles. The maximum atomic E-state index is 10.2. The predicted molar refractivity (Wildman–Crippen MR) is 37.5 cm³/mol. The van der Waals surface area contributed by atoms with E-state index in [0.717, 1.165) is 6.42 Å². The molecule has 0 radical (unpaired) electrons. The van der Waals surface area contributed by atoms with Crippen LogP contribution < -0.4 is 0 Å². The highest BCUT2D eigenvalue weighted by Gasteiger charge is 1.96. The Kier molecular flexibility index (Phi) is 4.94. The molecule has 1 N–H and O–H groups in total. The van der Waals surface area contributed by atoms with Crippen LogP contribution in [0.3, 0.4) is 0 Å². The van der Waals surface area contributed by atoms with Crippen molar-refractivity contribution in [2.45, 2.75) is 32.8 Å². The van der Waals surface area contributed by atoms with Gasteiger partial charge in [0.05, 0.1) is 12.7 Å². The standard InChI is InChI=1S/C7H14O3/c1-6(8)4-3-5-10-7(2)9/h6,8H,3-5H2,1-2H3. The van der Waals surface area contributed by atoms with Crippen molar-refractivity contribution in [2.24, 2.45) is 0 Å². The minimum absolute atomic E-state index is 0.259. The lowest BCUT2D eigenvalue weighted by molar-refractivity contribution is -0.141. The molecule has 0 aliphatic rings. The van der Waals surface area contributed by atoms with Crippen LogP contribution >= 0.6 is 0 Å². The number of aliphatic hydroxyl groups is 1. The van der Waals surface area contributed by atoms with Crippen molar-refractivity contribution in [3.05, 3.63) is 0 Å². The summed E-state index contributed by atoms with van der Waals surface area (Å²) in [5, 5.41) is 8.78. The van der Waals surface area contributed by atoms with E-state index in [4.69, 9.17) is 5.11 Å². The van der Waals surface area contributed by atoms with Crippen molar-refractivity contribution < 1.29 is 14.6 Å². The van der Waals surface area contributed by atoms with Gasteiger partial charge in [-0.1, -0.05) is 0 Å². The highest BCUT2D eigenvalue weighted by molar-refractivity contribution is 5.65. The molecule has 0 aromatic heterocycles. The number of carbonyl (C=O) groups is 1. The van der Waals surface area contributed by atoms with Crippen LogP contribution in [0.1, 0.15) is 26.7 Å². The molecule has 3 nitrogen and oxygen atoms in total. The first-order valence-electron chi connectivity index (χ1n) is 3.44. The maximum absolute atomic E-state index is 10.2. The third-order valence-electron chi connectivity index (χ3n) is 1.07. The van der Waals surface area contributed by atoms with Gasteiger partial charge in [0, 0.05) is 6.92 Å². The zero-order chi connectivity index (χ0) is 7.98. The summed E-state index contributed by atoms with van der Waals surface area (Å²) in [5.74, 6) is -0.259. The van der Waals surface area contributed by atoms with E-state index >= 15 is 0 Å². The Hall–Kier alpha value is -0.570. The zero-order valence-corrected chi connectivity index (χ0v) is 6.46. The Labute approximate surface area is 61.0 Å². The molecular weight excluding hydrogens is 132 g/mol. The van der Waals surface area contributed by atoms with Crippen LogP contribution in [0.25, 0.3) is 0 Å². The summed E-state index contributed by atoms with van der Waals surface area (Å²) in [6.07, 6.45) is 1.13. The van der Waals surface area contributed by atoms with E-state index in [1.165, 1.54) is 6.92 Å². The van der Waals surface area contributed by atoms with Crippen molar-refractivity contribution in [1.29, 1.82) is 0 Å². The van der Waals surface area contributed by atoms with E-state index in [0.29, 0.717) is 13.0 Å². The number of aliphatic hydroxyl groups excluding tert-OH is 1. The Morgan fingerprint density at radius 1 is 1.70 bits per heavy atom. The second kappa shape index (κ2) is 5.23. The summed E-state index contributed by atoms with van der Waals surface area (Å²) in [6, 6.07) is 0. The quantitative estimate of drug-likeness (QED) is 0.469. The Morgan fingerprint density at radius 2 is 2.30 bits per heavy atom. The van der Waals surface area contributed by atoms with Crippen LogP contribution in [-0.2, 0) is 9.53 Å². The average molecular weight is 146 g/mol. The molecule has 0 spiro atoms. The van der Waals surface area contributed by atoms with Gasteiger partial charge in [-0.3, -0.25) is 4.79 Å². The van der Waals surface area contributed by atoms with Gasteiger partial charge in [0.2, 0.25) is 0 Å². The minimum Gasteiger partial charge on any atom is -0.466 e. The molecule has 0 amide bonds. The Bertz CT molecular complexity index is 99.0. The highest BCUT2D eigenvalue weighted by Crippen LogP contribution is 1.95. The molecule has 0 aromatic rings. The lowest BCUT2D eigenvalue weighted by atomic mass is 10.2. The largest absolute Gasteiger partial charge is 0.466 e. The number of hydrogen-bond donors (Lipinski definition) is 1. The van der Waals surface area contributed by atoms with Gasteiger partial charge in [0.1, 0.15) is 0 Å². The minimum atomic E-state index is -0.296. The summed E-state index contributed by atoms with van der Waals surface area (Å²) in [6.45, 7) is 3.51. The lowest BCUT2D eigenvalue weighted by Gasteiger charge is -2.03. The molecule has 0 aliphatic carbocycles. The highest BCUT2D eigenvalue weighted by atomic mass is 16.5. The van der Waals surface area contributed by atoms with Crippen molar-refractivity contribution in [3.8, 4) is 0 Å². The fraction of sp³-hybridized carbons (Fsp3) is 0.857. The predicted octanol–water partition coefficient (Wildman–Crippen LogP) is 0.710. The molecule has 0 saturated carbocycles. The molecule has 1 atom stereocenters. The summed E-state index contributed by atoms with van der Waals surface area (Å²) in [5.41, 5.74) is 0. The molecule has 0 rings (SSSR count). The number of esters is 1. The fourth-order valence-corrected chi connectivity index (χ4v) is 0.595. The number of ether oxygens (including phenoxy) is 1. The van der Waals surface area contributed by atoms with E-state index in [-0.39, 0.29) is 12.1 Å². The summed E-state index contributed by atoms with van der Waals surface area (Å²) in [7, 11) is 0. The topological polar surface area (TPSA) is 46.5 Å². The van der Waals surface area contributed by atoms with Crippen LogP contribution in [0.5, 0.6) is 0 Å². The van der Waals surface area contributed by atoms with Crippen LogP contribution in [0, 0.1) is 0 Å². The summed E-state index contributed by atoms with van der Waals surface area (Å²) < 4.78 is 4.64. The molecule has 0 heterocycles. The van der Waals surface area contributed by atoms with Crippen molar-refractivity contribution in [3.63, 3.8) is 0 Å². The third kappa shape index (κ3) is 7.43. The fourth-order valence-electron chi connectivity index (χ4n) is 0.595. The second-order valence-corrected chi connectivity index (χ2v) is 2.33. The van der Waals surface area contributed by atoms with E-state index in [1.54, 1.807) is 6.92 Å². The molecule has 3 heteroatoms. The van der Waals surface area contributed by atoms with Gasteiger partial charge in [-0.25, -0.2) is 0 Å². The summed E-state index contributed by atoms with van der Waals surface area (Å²) >= 11 is 0. The smallest absolute Gasteiger partial charge is 0.302 e. The molecular formula is C7H14O3. The normalized spacial score (nSPS) is 12.7. The van der Waals surface area contributed by atoms with Crippen molar-refractivity contribution in [2.75, 3.05) is 6.61 Å². The second-order valence-electron chi connectivity index (χ2n) is 2.33. The van der Waals surface area contributed by atoms with Gasteiger partial charge in [-0.05, 0) is 19.8 Å². The Morgan fingerprint density at radius 3 is 2.70 bits per heavy atom. The molecule has 0 aliphatic heterocycles. The Balaban J connectivity index is 2.98. The molecule has 0 fully saturated rings. The first kappa shape index (κ1) is 9.43. The van der Waals surface area contributed by atoms with Crippen LogP contribution in [0.4, 0.5) is 0 Å². The first-order chi connectivity index (χ1) is 4.63. The molecule has 0 aromatic carbocycles. The van der Waals surface area contributed by atoms with Gasteiger partial charge in [-0.15, -0.1) is 0 Å². The SMILES string of the molecule is CC(=O)OCCCC(C)O. The third-order valence-corrected chi connectivity index (χ3v) is 1.07. The van der Waals surface area contributed by atoms with E-state index < -0.39 is 0 Å². The van der Waals surface area contributed by atoms with Gasteiger partial charge in [-0.2, -0.15) is 0 Å². The maximum Gasteiger partial charge on any atom is 0.302 e. The summed E-state index contributed by atoms with van der Waals surface area (Å²) in [4.78, 5) is 10.2. The number of rotatable bonds is 4. The number of carbonyl (C=O) groups excluding carboxylic acids is 1. The molecule has 1 unspecified atom stereocenters. The van der Waals surface area contributed by atoms with Gasteiger partial charge < -0.3 is 9.84 Å². The number of hydrogen-bond acceptors (Lipinski definition) is 3. The lowest BCUT2D eigenvalue weighted by Crippen LogP contribution is -2.05. The van der Waals surface area contributed by atoms with E-state index in [2.05, 4.69) is 4.74 Å². The van der Waals surface area contributed by atoms with Crippen LogP contribution in [-0.4, -0.2) is 23.8 Å². The van der Waals surface area contributed by atoms with Crippen LogP contribution in [0.2, 0.25) is 0 Å². The van der Waals surface area contributed by atoms with Crippen LogP contribution in [0.15, 0.2) is 0 Å². The van der Waals surface area contributed by atoms with E-state index in [9.17, 15) is 4.79 Å². The first-order valence-corrected chi connectivity index (χ1v) is 3.44. The molecule has 10 heavy (non-hydrogen) atoms. The molecule has 60 valence electrons. The van der Waals surface area contributed by atoms with Gasteiger partial charge in [0.15, 0.2) is 0 Å². The van der Waals surface area contributed by atoms with E-state index in [1.807, 2.05) is 0 Å². The van der Waals surface area contributed by atoms with Gasteiger partial charge >= 0.3 is 5.97 Å². The van der Waals surface area contributed by atoms with Gasteiger partial charge in [0.25, 0.3) is 0 Å². The zero-order valence-electron chi connectivity index (χ0n) is 6.46. The average Bonchev–Trinajstić information content (AvgIpc) is 1.79.